The number of carbonyl (C=O) groups excluding carboxylic acids is 1. The molecule has 0 saturated carbocycles. The summed E-state index contributed by atoms with van der Waals surface area (Å²) in [6, 6.07) is 19.4. The van der Waals surface area contributed by atoms with Crippen molar-refractivity contribution in [1.29, 1.82) is 0 Å². The van der Waals surface area contributed by atoms with Gasteiger partial charge in [0.15, 0.2) is 0 Å². The standard InChI is InChI=1S/C20H20N2O2S/c1-2-24-18-11-9-16(10-12-18)21-15-5-7-17(8-6-15)22-20(23)14-19-4-3-13-25-19/h3-13,21H,2,14H2,1H3,(H,22,23). The van der Waals surface area contributed by atoms with Gasteiger partial charge >= 0.3 is 0 Å². The summed E-state index contributed by atoms with van der Waals surface area (Å²) in [5.74, 6) is 0.853. The molecule has 0 aliphatic rings. The molecule has 0 spiro atoms. The normalized spacial score (nSPS) is 10.3. The number of hydrogen-bond donors (Lipinski definition) is 2. The first-order valence-electron chi connectivity index (χ1n) is 8.15. The number of carbonyl (C=O) groups is 1. The Hall–Kier alpha value is -2.79. The van der Waals surface area contributed by atoms with Crippen molar-refractivity contribution >= 4 is 34.3 Å². The van der Waals surface area contributed by atoms with Crippen LogP contribution in [0.1, 0.15) is 11.8 Å². The second-order valence-electron chi connectivity index (χ2n) is 5.46. The maximum Gasteiger partial charge on any atom is 0.229 e. The average Bonchev–Trinajstić information content (AvgIpc) is 3.11. The van der Waals surface area contributed by atoms with Gasteiger partial charge in [0, 0.05) is 21.9 Å². The van der Waals surface area contributed by atoms with Crippen molar-refractivity contribution in [3.8, 4) is 5.75 Å². The molecule has 0 fully saturated rings. The molecular formula is C20H20N2O2S. The minimum Gasteiger partial charge on any atom is -0.494 e. The number of ether oxygens (including phenoxy) is 1. The first-order chi connectivity index (χ1) is 12.2. The summed E-state index contributed by atoms with van der Waals surface area (Å²) in [4.78, 5) is 13.1. The molecule has 0 unspecified atom stereocenters. The second kappa shape index (κ2) is 8.35. The maximum atomic E-state index is 12.0. The van der Waals surface area contributed by atoms with E-state index in [-0.39, 0.29) is 5.91 Å². The lowest BCUT2D eigenvalue weighted by molar-refractivity contribution is -0.115. The van der Waals surface area contributed by atoms with Crippen LogP contribution in [-0.2, 0) is 11.2 Å². The molecule has 1 amide bonds. The van der Waals surface area contributed by atoms with Crippen molar-refractivity contribution in [3.63, 3.8) is 0 Å². The molecule has 2 aromatic carbocycles. The third-order valence-corrected chi connectivity index (χ3v) is 4.41. The second-order valence-corrected chi connectivity index (χ2v) is 6.50. The van der Waals surface area contributed by atoms with Crippen LogP contribution in [0.3, 0.4) is 0 Å². The van der Waals surface area contributed by atoms with Crippen LogP contribution < -0.4 is 15.4 Å². The molecule has 1 aromatic heterocycles. The summed E-state index contributed by atoms with van der Waals surface area (Å²) in [7, 11) is 0. The zero-order chi connectivity index (χ0) is 17.5. The highest BCUT2D eigenvalue weighted by molar-refractivity contribution is 7.10. The van der Waals surface area contributed by atoms with Crippen LogP contribution in [0.5, 0.6) is 5.75 Å². The molecule has 25 heavy (non-hydrogen) atoms. The van der Waals surface area contributed by atoms with Crippen LogP contribution in [0.4, 0.5) is 17.1 Å². The highest BCUT2D eigenvalue weighted by atomic mass is 32.1. The minimum absolute atomic E-state index is 0.00493. The van der Waals surface area contributed by atoms with E-state index in [9.17, 15) is 4.79 Å². The first-order valence-corrected chi connectivity index (χ1v) is 9.03. The van der Waals surface area contributed by atoms with Gasteiger partial charge < -0.3 is 15.4 Å². The van der Waals surface area contributed by atoms with Crippen molar-refractivity contribution < 1.29 is 9.53 Å². The van der Waals surface area contributed by atoms with Gasteiger partial charge in [-0.25, -0.2) is 0 Å². The highest BCUT2D eigenvalue weighted by Crippen LogP contribution is 2.21. The molecule has 4 nitrogen and oxygen atoms in total. The fourth-order valence-electron chi connectivity index (χ4n) is 2.38. The van der Waals surface area contributed by atoms with Gasteiger partial charge in [-0.05, 0) is 66.9 Å². The molecule has 0 saturated heterocycles. The number of thiophene rings is 1. The Bertz CT molecular complexity index is 797. The SMILES string of the molecule is CCOc1ccc(Nc2ccc(NC(=O)Cc3cccs3)cc2)cc1. The summed E-state index contributed by atoms with van der Waals surface area (Å²) < 4.78 is 5.43. The van der Waals surface area contributed by atoms with Crippen LogP contribution in [0, 0.1) is 0 Å². The third kappa shape index (κ3) is 5.09. The van der Waals surface area contributed by atoms with Gasteiger partial charge in [0.1, 0.15) is 5.75 Å². The molecule has 3 rings (SSSR count). The lowest BCUT2D eigenvalue weighted by atomic mass is 10.2. The van der Waals surface area contributed by atoms with E-state index >= 15 is 0 Å². The molecule has 0 aliphatic heterocycles. The Morgan fingerprint density at radius 2 is 1.60 bits per heavy atom. The van der Waals surface area contributed by atoms with Gasteiger partial charge in [0.25, 0.3) is 0 Å². The van der Waals surface area contributed by atoms with E-state index in [2.05, 4.69) is 10.6 Å². The maximum absolute atomic E-state index is 12.0. The molecular weight excluding hydrogens is 332 g/mol. The number of benzene rings is 2. The number of hydrogen-bond acceptors (Lipinski definition) is 4. The van der Waals surface area contributed by atoms with Gasteiger partial charge in [0.2, 0.25) is 5.91 Å². The van der Waals surface area contributed by atoms with E-state index in [0.29, 0.717) is 13.0 Å². The summed E-state index contributed by atoms with van der Waals surface area (Å²) in [5, 5.41) is 8.22. The van der Waals surface area contributed by atoms with E-state index in [1.165, 1.54) is 0 Å². The fraction of sp³-hybridized carbons (Fsp3) is 0.150. The number of nitrogens with one attached hydrogen (secondary N) is 2. The molecule has 5 heteroatoms. The first kappa shape index (κ1) is 17.0. The van der Waals surface area contributed by atoms with Crippen LogP contribution in [0.15, 0.2) is 66.0 Å². The molecule has 0 bridgehead atoms. The van der Waals surface area contributed by atoms with Crippen molar-refractivity contribution in [2.75, 3.05) is 17.2 Å². The van der Waals surface area contributed by atoms with Crippen LogP contribution in [-0.4, -0.2) is 12.5 Å². The van der Waals surface area contributed by atoms with Crippen molar-refractivity contribution in [2.45, 2.75) is 13.3 Å². The zero-order valence-electron chi connectivity index (χ0n) is 14.0. The Balaban J connectivity index is 1.55. The van der Waals surface area contributed by atoms with Crippen molar-refractivity contribution in [2.24, 2.45) is 0 Å². The zero-order valence-corrected chi connectivity index (χ0v) is 14.8. The minimum atomic E-state index is -0.00493. The smallest absolute Gasteiger partial charge is 0.229 e. The molecule has 3 aromatic rings. The molecule has 1 heterocycles. The van der Waals surface area contributed by atoms with E-state index < -0.39 is 0 Å². The van der Waals surface area contributed by atoms with E-state index in [1.807, 2.05) is 73.0 Å². The van der Waals surface area contributed by atoms with Gasteiger partial charge in [0.05, 0.1) is 13.0 Å². The highest BCUT2D eigenvalue weighted by Gasteiger charge is 2.05. The largest absolute Gasteiger partial charge is 0.494 e. The number of anilines is 3. The Labute approximate surface area is 151 Å². The van der Waals surface area contributed by atoms with Gasteiger partial charge in [-0.3, -0.25) is 4.79 Å². The van der Waals surface area contributed by atoms with E-state index in [4.69, 9.17) is 4.74 Å². The molecule has 0 atom stereocenters. The number of amides is 1. The summed E-state index contributed by atoms with van der Waals surface area (Å²) >= 11 is 1.59. The Morgan fingerprint density at radius 3 is 2.20 bits per heavy atom. The van der Waals surface area contributed by atoms with E-state index in [1.54, 1.807) is 11.3 Å². The van der Waals surface area contributed by atoms with Crippen molar-refractivity contribution in [3.05, 3.63) is 70.9 Å². The third-order valence-electron chi connectivity index (χ3n) is 3.54. The van der Waals surface area contributed by atoms with Crippen molar-refractivity contribution in [1.82, 2.24) is 0 Å². The molecule has 128 valence electrons. The molecule has 2 N–H and O–H groups in total. The molecule has 0 radical (unpaired) electrons. The quantitative estimate of drug-likeness (QED) is 0.624. The summed E-state index contributed by atoms with van der Waals surface area (Å²) in [6.07, 6.45) is 0.407. The monoisotopic (exact) mass is 352 g/mol. The number of rotatable bonds is 7. The topological polar surface area (TPSA) is 50.4 Å². The van der Waals surface area contributed by atoms with E-state index in [0.717, 1.165) is 27.7 Å². The van der Waals surface area contributed by atoms with Crippen LogP contribution in [0.25, 0.3) is 0 Å². The molecule has 0 aliphatic carbocycles. The summed E-state index contributed by atoms with van der Waals surface area (Å²) in [6.45, 7) is 2.62. The van der Waals surface area contributed by atoms with Gasteiger partial charge in [-0.2, -0.15) is 0 Å². The van der Waals surface area contributed by atoms with Crippen LogP contribution in [0.2, 0.25) is 0 Å². The lowest BCUT2D eigenvalue weighted by Crippen LogP contribution is -2.13. The van der Waals surface area contributed by atoms with Gasteiger partial charge in [-0.15, -0.1) is 11.3 Å². The lowest BCUT2D eigenvalue weighted by Gasteiger charge is -2.09. The Kier molecular flexibility index (Phi) is 5.69. The predicted molar refractivity (Wildman–Crippen MR) is 104 cm³/mol. The Morgan fingerprint density at radius 1 is 0.960 bits per heavy atom. The summed E-state index contributed by atoms with van der Waals surface area (Å²) in [5.41, 5.74) is 2.73. The van der Waals surface area contributed by atoms with Gasteiger partial charge in [-0.1, -0.05) is 6.07 Å². The average molecular weight is 352 g/mol. The van der Waals surface area contributed by atoms with Crippen LogP contribution >= 0.6 is 11.3 Å². The fourth-order valence-corrected chi connectivity index (χ4v) is 3.08. The predicted octanol–water partition coefficient (Wildman–Crippen LogP) is 5.07.